The van der Waals surface area contributed by atoms with Crippen LogP contribution in [0, 0.1) is 12.8 Å². The summed E-state index contributed by atoms with van der Waals surface area (Å²) in [6, 6.07) is 2.25. The van der Waals surface area contributed by atoms with Gasteiger partial charge in [-0.25, -0.2) is 0 Å². The lowest BCUT2D eigenvalue weighted by Gasteiger charge is -2.16. The molecule has 0 amide bonds. The molecule has 0 aliphatic rings. The quantitative estimate of drug-likeness (QED) is 0.759. The first kappa shape index (κ1) is 11.0. The summed E-state index contributed by atoms with van der Waals surface area (Å²) in [6.45, 7) is 7.04. The van der Waals surface area contributed by atoms with E-state index in [1.807, 2.05) is 31.6 Å². The molecule has 0 spiro atoms. The van der Waals surface area contributed by atoms with Crippen LogP contribution in [-0.4, -0.2) is 22.4 Å². The normalized spacial score (nSPS) is 15.2. The van der Waals surface area contributed by atoms with E-state index in [9.17, 15) is 0 Å². The molecule has 2 atom stereocenters. The summed E-state index contributed by atoms with van der Waals surface area (Å²) in [4.78, 5) is 0. The van der Waals surface area contributed by atoms with Gasteiger partial charge in [-0.05, 0) is 19.8 Å². The SMILES string of the molecule is Cc1cc(NCC(C)C(C)N)n(C)n1. The second-order valence-electron chi connectivity index (χ2n) is 4.01. The maximum absolute atomic E-state index is 5.78. The van der Waals surface area contributed by atoms with Crippen LogP contribution < -0.4 is 11.1 Å². The van der Waals surface area contributed by atoms with Gasteiger partial charge in [0.15, 0.2) is 0 Å². The van der Waals surface area contributed by atoms with Crippen LogP contribution in [0.5, 0.6) is 0 Å². The molecule has 3 N–H and O–H groups in total. The number of aromatic nitrogens is 2. The first-order chi connectivity index (χ1) is 6.50. The zero-order valence-electron chi connectivity index (χ0n) is 9.41. The summed E-state index contributed by atoms with van der Waals surface area (Å²) in [7, 11) is 1.94. The van der Waals surface area contributed by atoms with Crippen molar-refractivity contribution in [1.29, 1.82) is 0 Å². The number of hydrogen-bond acceptors (Lipinski definition) is 3. The summed E-state index contributed by atoms with van der Waals surface area (Å²) in [5.74, 6) is 1.51. The fraction of sp³-hybridized carbons (Fsp3) is 0.700. The van der Waals surface area contributed by atoms with E-state index in [2.05, 4.69) is 17.3 Å². The minimum atomic E-state index is 0.219. The van der Waals surface area contributed by atoms with Crippen LogP contribution in [0.2, 0.25) is 0 Å². The van der Waals surface area contributed by atoms with Gasteiger partial charge in [0.05, 0.1) is 5.69 Å². The van der Waals surface area contributed by atoms with Crippen molar-refractivity contribution < 1.29 is 0 Å². The zero-order valence-corrected chi connectivity index (χ0v) is 9.41. The average Bonchev–Trinajstić information content (AvgIpc) is 2.40. The number of rotatable bonds is 4. The Morgan fingerprint density at radius 2 is 2.21 bits per heavy atom. The van der Waals surface area contributed by atoms with E-state index < -0.39 is 0 Å². The number of aryl methyl sites for hydroxylation is 2. The number of hydrogen-bond donors (Lipinski definition) is 2. The summed E-state index contributed by atoms with van der Waals surface area (Å²) in [5, 5.41) is 7.59. The minimum absolute atomic E-state index is 0.219. The predicted molar refractivity (Wildman–Crippen MR) is 59.2 cm³/mol. The highest BCUT2D eigenvalue weighted by Gasteiger charge is 2.08. The van der Waals surface area contributed by atoms with Crippen molar-refractivity contribution in [1.82, 2.24) is 9.78 Å². The molecule has 80 valence electrons. The van der Waals surface area contributed by atoms with Crippen LogP contribution >= 0.6 is 0 Å². The van der Waals surface area contributed by atoms with E-state index in [0.29, 0.717) is 5.92 Å². The molecule has 1 rings (SSSR count). The zero-order chi connectivity index (χ0) is 10.7. The first-order valence-corrected chi connectivity index (χ1v) is 5.00. The van der Waals surface area contributed by atoms with E-state index in [1.165, 1.54) is 0 Å². The Morgan fingerprint density at radius 1 is 1.57 bits per heavy atom. The van der Waals surface area contributed by atoms with Gasteiger partial charge in [0, 0.05) is 25.7 Å². The molecule has 0 saturated carbocycles. The molecule has 0 fully saturated rings. The van der Waals surface area contributed by atoms with E-state index >= 15 is 0 Å². The number of nitrogens with two attached hydrogens (primary N) is 1. The van der Waals surface area contributed by atoms with Gasteiger partial charge in [-0.2, -0.15) is 5.10 Å². The van der Waals surface area contributed by atoms with Crippen molar-refractivity contribution in [3.05, 3.63) is 11.8 Å². The third-order valence-electron chi connectivity index (χ3n) is 2.50. The molecule has 2 unspecified atom stereocenters. The second-order valence-corrected chi connectivity index (χ2v) is 4.01. The number of nitrogens with zero attached hydrogens (tertiary/aromatic N) is 2. The number of anilines is 1. The van der Waals surface area contributed by atoms with Gasteiger partial charge >= 0.3 is 0 Å². The molecular weight excluding hydrogens is 176 g/mol. The standard InChI is InChI=1S/C10H20N4/c1-7(9(3)11)6-12-10-5-8(2)13-14(10)4/h5,7,9,12H,6,11H2,1-4H3. The fourth-order valence-electron chi connectivity index (χ4n) is 1.23. The molecule has 4 heteroatoms. The van der Waals surface area contributed by atoms with Crippen LogP contribution in [0.25, 0.3) is 0 Å². The average molecular weight is 196 g/mol. The lowest BCUT2D eigenvalue weighted by atomic mass is 10.1. The maximum Gasteiger partial charge on any atom is 0.124 e. The van der Waals surface area contributed by atoms with Gasteiger partial charge in [0.1, 0.15) is 5.82 Å². The van der Waals surface area contributed by atoms with Gasteiger partial charge in [0.2, 0.25) is 0 Å². The summed E-state index contributed by atoms with van der Waals surface area (Å²) >= 11 is 0. The van der Waals surface area contributed by atoms with Gasteiger partial charge in [0.25, 0.3) is 0 Å². The van der Waals surface area contributed by atoms with E-state index in [0.717, 1.165) is 18.1 Å². The van der Waals surface area contributed by atoms with Gasteiger partial charge in [-0.1, -0.05) is 6.92 Å². The Bertz CT molecular complexity index is 290. The lowest BCUT2D eigenvalue weighted by Crippen LogP contribution is -2.29. The Kier molecular flexibility index (Phi) is 3.52. The Hall–Kier alpha value is -1.03. The summed E-state index contributed by atoms with van der Waals surface area (Å²) in [6.07, 6.45) is 0. The molecule has 1 aromatic heterocycles. The fourth-order valence-corrected chi connectivity index (χ4v) is 1.23. The molecule has 0 aromatic carbocycles. The van der Waals surface area contributed by atoms with Gasteiger partial charge in [-0.3, -0.25) is 4.68 Å². The molecular formula is C10H20N4. The predicted octanol–water partition coefficient (Wildman–Crippen LogP) is 1.12. The van der Waals surface area contributed by atoms with Crippen LogP contribution in [-0.2, 0) is 7.05 Å². The Balaban J connectivity index is 2.49. The van der Waals surface area contributed by atoms with Crippen molar-refractivity contribution >= 4 is 5.82 Å². The largest absolute Gasteiger partial charge is 0.370 e. The third kappa shape index (κ3) is 2.73. The molecule has 1 aromatic rings. The number of nitrogens with one attached hydrogen (secondary N) is 1. The maximum atomic E-state index is 5.78. The van der Waals surface area contributed by atoms with E-state index in [4.69, 9.17) is 5.73 Å². The molecule has 0 saturated heterocycles. The van der Waals surface area contributed by atoms with Crippen molar-refractivity contribution in [2.75, 3.05) is 11.9 Å². The molecule has 0 bridgehead atoms. The van der Waals surface area contributed by atoms with Crippen molar-refractivity contribution in [3.8, 4) is 0 Å². The highest BCUT2D eigenvalue weighted by Crippen LogP contribution is 2.09. The molecule has 0 aliphatic heterocycles. The highest BCUT2D eigenvalue weighted by molar-refractivity contribution is 5.36. The van der Waals surface area contributed by atoms with Crippen molar-refractivity contribution in [2.45, 2.75) is 26.8 Å². The monoisotopic (exact) mass is 196 g/mol. The molecule has 4 nitrogen and oxygen atoms in total. The van der Waals surface area contributed by atoms with E-state index in [-0.39, 0.29) is 6.04 Å². The molecule has 0 radical (unpaired) electrons. The van der Waals surface area contributed by atoms with Crippen molar-refractivity contribution in [2.24, 2.45) is 18.7 Å². The van der Waals surface area contributed by atoms with Crippen LogP contribution in [0.15, 0.2) is 6.07 Å². The van der Waals surface area contributed by atoms with Crippen LogP contribution in [0.3, 0.4) is 0 Å². The van der Waals surface area contributed by atoms with Gasteiger partial charge < -0.3 is 11.1 Å². The van der Waals surface area contributed by atoms with Crippen LogP contribution in [0.1, 0.15) is 19.5 Å². The van der Waals surface area contributed by atoms with E-state index in [1.54, 1.807) is 0 Å². The molecule has 0 aliphatic carbocycles. The molecule has 1 heterocycles. The highest BCUT2D eigenvalue weighted by atomic mass is 15.3. The third-order valence-corrected chi connectivity index (χ3v) is 2.50. The van der Waals surface area contributed by atoms with Crippen LogP contribution in [0.4, 0.5) is 5.82 Å². The minimum Gasteiger partial charge on any atom is -0.370 e. The van der Waals surface area contributed by atoms with Crippen molar-refractivity contribution in [3.63, 3.8) is 0 Å². The topological polar surface area (TPSA) is 55.9 Å². The smallest absolute Gasteiger partial charge is 0.124 e. The van der Waals surface area contributed by atoms with Gasteiger partial charge in [-0.15, -0.1) is 0 Å². The summed E-state index contributed by atoms with van der Waals surface area (Å²) < 4.78 is 1.85. The lowest BCUT2D eigenvalue weighted by molar-refractivity contribution is 0.505. The second kappa shape index (κ2) is 4.46. The first-order valence-electron chi connectivity index (χ1n) is 5.00. The Morgan fingerprint density at radius 3 is 2.64 bits per heavy atom. The summed E-state index contributed by atoms with van der Waals surface area (Å²) in [5.41, 5.74) is 6.81. The Labute approximate surface area is 85.5 Å². The molecule has 14 heavy (non-hydrogen) atoms.